The Balaban J connectivity index is 1.66. The van der Waals surface area contributed by atoms with E-state index < -0.39 is 0 Å². The van der Waals surface area contributed by atoms with Gasteiger partial charge >= 0.3 is 5.97 Å². The van der Waals surface area contributed by atoms with E-state index in [0.717, 1.165) is 46.5 Å². The zero-order chi connectivity index (χ0) is 24.7. The number of nitrogens with zero attached hydrogens (tertiary/aromatic N) is 2. The summed E-state index contributed by atoms with van der Waals surface area (Å²) in [5.74, 6) is -0.566. The number of hydrogen-bond acceptors (Lipinski definition) is 5. The number of fused-ring (bicyclic) bond motifs is 1. The number of halogens is 2. The van der Waals surface area contributed by atoms with Crippen LogP contribution in [0.5, 0.6) is 0 Å². The van der Waals surface area contributed by atoms with Crippen LogP contribution >= 0.6 is 11.8 Å². The van der Waals surface area contributed by atoms with E-state index in [0.29, 0.717) is 22.6 Å². The zero-order valence-electron chi connectivity index (χ0n) is 19.8. The number of esters is 1. The molecule has 1 aliphatic carbocycles. The summed E-state index contributed by atoms with van der Waals surface area (Å²) in [6.45, 7) is 6.19. The van der Waals surface area contributed by atoms with E-state index in [1.807, 2.05) is 6.92 Å². The minimum atomic E-state index is -0.363. The van der Waals surface area contributed by atoms with Gasteiger partial charge in [0.2, 0.25) is 0 Å². The summed E-state index contributed by atoms with van der Waals surface area (Å²) >= 11 is 1.32. The van der Waals surface area contributed by atoms with E-state index in [2.05, 4.69) is 17.9 Å². The second kappa shape index (κ2) is 9.46. The highest BCUT2D eigenvalue weighted by atomic mass is 32.2. The van der Waals surface area contributed by atoms with Crippen LogP contribution in [-0.2, 0) is 9.53 Å². The molecule has 180 valence electrons. The molecule has 5 rings (SSSR count). The van der Waals surface area contributed by atoms with Crippen LogP contribution in [0.2, 0.25) is 0 Å². The maximum Gasteiger partial charge on any atom is 0.346 e. The first-order chi connectivity index (χ1) is 16.9. The van der Waals surface area contributed by atoms with Crippen LogP contribution in [0, 0.1) is 17.6 Å². The summed E-state index contributed by atoms with van der Waals surface area (Å²) in [5.41, 5.74) is 5.74. The smallest absolute Gasteiger partial charge is 0.346 e. The molecule has 4 nitrogen and oxygen atoms in total. The number of thioether (sulfide) groups is 1. The minimum Gasteiger partial charge on any atom is -0.462 e. The number of carbonyl (C=O) groups is 1. The van der Waals surface area contributed by atoms with Gasteiger partial charge in [0.25, 0.3) is 0 Å². The summed E-state index contributed by atoms with van der Waals surface area (Å²) in [5, 5.41) is 0.707. The lowest BCUT2D eigenvalue weighted by molar-refractivity contribution is -0.137. The van der Waals surface area contributed by atoms with Gasteiger partial charge in [-0.25, -0.2) is 18.6 Å². The van der Waals surface area contributed by atoms with Crippen molar-refractivity contribution in [2.75, 3.05) is 6.61 Å². The van der Waals surface area contributed by atoms with Crippen molar-refractivity contribution in [3.05, 3.63) is 98.7 Å². The summed E-state index contributed by atoms with van der Waals surface area (Å²) in [6, 6.07) is 12.8. The predicted octanol–water partition coefficient (Wildman–Crippen LogP) is 6.99. The van der Waals surface area contributed by atoms with Crippen LogP contribution in [0.4, 0.5) is 8.78 Å². The third kappa shape index (κ3) is 4.45. The van der Waals surface area contributed by atoms with Crippen molar-refractivity contribution in [3.8, 4) is 0 Å². The number of amidine groups is 1. The highest BCUT2D eigenvalue weighted by Crippen LogP contribution is 2.52. The second-order valence-corrected chi connectivity index (χ2v) is 10.0. The van der Waals surface area contributed by atoms with Crippen molar-refractivity contribution >= 4 is 29.0 Å². The Bertz CT molecular complexity index is 1290. The van der Waals surface area contributed by atoms with Crippen LogP contribution in [0.25, 0.3) is 6.08 Å². The summed E-state index contributed by atoms with van der Waals surface area (Å²) < 4.78 is 32.6. The molecule has 2 aliphatic heterocycles. The molecule has 0 N–H and O–H groups in total. The molecule has 2 heterocycles. The Labute approximate surface area is 208 Å². The molecule has 0 fully saturated rings. The number of rotatable bonds is 4. The molecule has 2 aromatic carbocycles. The van der Waals surface area contributed by atoms with Crippen molar-refractivity contribution in [2.45, 2.75) is 39.7 Å². The molecule has 2 atom stereocenters. The fourth-order valence-corrected chi connectivity index (χ4v) is 6.02. The Morgan fingerprint density at radius 1 is 1.11 bits per heavy atom. The van der Waals surface area contributed by atoms with Gasteiger partial charge in [0.05, 0.1) is 18.3 Å². The molecule has 2 aromatic rings. The predicted molar refractivity (Wildman–Crippen MR) is 135 cm³/mol. The Morgan fingerprint density at radius 2 is 1.77 bits per heavy atom. The molecule has 0 unspecified atom stereocenters. The van der Waals surface area contributed by atoms with Crippen LogP contribution in [0.1, 0.15) is 50.8 Å². The first-order valence-corrected chi connectivity index (χ1v) is 12.6. The molecular formula is C28H26F2N2O2S. The Kier molecular flexibility index (Phi) is 6.36. The standard InChI is InChI=1S/C28H26F2N2O2S/c1-4-34-27(33)26-17(3)32-25(19-7-11-22(30)12-8-19)23-14-16(2)13-20(24(23)31-28(32)35-26)15-18-5-9-21(29)10-6-18/h5-12,15-16,25H,4,13-14H2,1-3H3/b20-15-/t16-,25+/m1/s1. The van der Waals surface area contributed by atoms with Gasteiger partial charge in [-0.2, -0.15) is 0 Å². The molecule has 0 saturated heterocycles. The van der Waals surface area contributed by atoms with Crippen LogP contribution in [0.3, 0.4) is 0 Å². The quantitative estimate of drug-likeness (QED) is 0.432. The fraction of sp³-hybridized carbons (Fsp3) is 0.286. The van der Waals surface area contributed by atoms with Crippen molar-refractivity contribution in [1.29, 1.82) is 0 Å². The number of aliphatic imine (C=N–C) groups is 1. The number of carbonyl (C=O) groups excluding carboxylic acids is 1. The first kappa shape index (κ1) is 23.5. The van der Waals surface area contributed by atoms with E-state index in [1.165, 1.54) is 36.0 Å². The zero-order valence-corrected chi connectivity index (χ0v) is 20.7. The van der Waals surface area contributed by atoms with Gasteiger partial charge in [0.15, 0.2) is 5.17 Å². The first-order valence-electron chi connectivity index (χ1n) is 11.7. The van der Waals surface area contributed by atoms with Crippen molar-refractivity contribution < 1.29 is 18.3 Å². The number of ether oxygens (including phenoxy) is 1. The van der Waals surface area contributed by atoms with Crippen LogP contribution in [-0.4, -0.2) is 22.6 Å². The normalized spacial score (nSPS) is 22.8. The summed E-state index contributed by atoms with van der Waals surface area (Å²) in [6.07, 6.45) is 3.74. The van der Waals surface area contributed by atoms with E-state index in [1.54, 1.807) is 31.2 Å². The number of hydrogen-bond donors (Lipinski definition) is 0. The highest BCUT2D eigenvalue weighted by Gasteiger charge is 2.43. The van der Waals surface area contributed by atoms with Gasteiger partial charge < -0.3 is 9.64 Å². The molecule has 7 heteroatoms. The highest BCUT2D eigenvalue weighted by molar-refractivity contribution is 8.18. The second-order valence-electron chi connectivity index (χ2n) is 9.06. The number of allylic oxidation sites excluding steroid dienone is 2. The van der Waals surface area contributed by atoms with Crippen molar-refractivity contribution in [1.82, 2.24) is 4.90 Å². The molecule has 0 aromatic heterocycles. The topological polar surface area (TPSA) is 41.9 Å². The van der Waals surface area contributed by atoms with Crippen molar-refractivity contribution in [3.63, 3.8) is 0 Å². The molecule has 35 heavy (non-hydrogen) atoms. The van der Waals surface area contributed by atoms with E-state index in [9.17, 15) is 13.6 Å². The number of benzene rings is 2. The third-order valence-corrected chi connectivity index (χ3v) is 7.62. The van der Waals surface area contributed by atoms with Gasteiger partial charge in [0, 0.05) is 5.70 Å². The SMILES string of the molecule is CCOC(=O)C1=C(C)N2C(=NC3=C(C[C@H](C)C/C3=C/c3ccc(F)cc3)[C@@H]2c2ccc(F)cc2)S1. The molecule has 0 bridgehead atoms. The molecule has 0 radical (unpaired) electrons. The largest absolute Gasteiger partial charge is 0.462 e. The monoisotopic (exact) mass is 492 g/mol. The minimum absolute atomic E-state index is 0.211. The van der Waals surface area contributed by atoms with E-state index >= 15 is 0 Å². The molecule has 0 spiro atoms. The lowest BCUT2D eigenvalue weighted by Gasteiger charge is -2.40. The maximum atomic E-state index is 13.8. The fourth-order valence-electron chi connectivity index (χ4n) is 4.98. The molecule has 0 saturated carbocycles. The summed E-state index contributed by atoms with van der Waals surface area (Å²) in [4.78, 5) is 20.4. The van der Waals surface area contributed by atoms with E-state index in [-0.39, 0.29) is 23.6 Å². The van der Waals surface area contributed by atoms with Gasteiger partial charge in [-0.05, 0) is 97.0 Å². The lowest BCUT2D eigenvalue weighted by Crippen LogP contribution is -2.35. The van der Waals surface area contributed by atoms with Gasteiger partial charge in [-0.3, -0.25) is 0 Å². The van der Waals surface area contributed by atoms with Gasteiger partial charge in [0.1, 0.15) is 16.5 Å². The average molecular weight is 493 g/mol. The van der Waals surface area contributed by atoms with Gasteiger partial charge in [-0.1, -0.05) is 31.2 Å². The molecule has 0 amide bonds. The van der Waals surface area contributed by atoms with Crippen molar-refractivity contribution in [2.24, 2.45) is 10.9 Å². The van der Waals surface area contributed by atoms with Crippen LogP contribution in [0.15, 0.2) is 81.0 Å². The van der Waals surface area contributed by atoms with Gasteiger partial charge in [-0.15, -0.1) is 0 Å². The molecule has 3 aliphatic rings. The maximum absolute atomic E-state index is 13.8. The average Bonchev–Trinajstić information content (AvgIpc) is 3.16. The third-order valence-electron chi connectivity index (χ3n) is 6.49. The van der Waals surface area contributed by atoms with Crippen LogP contribution < -0.4 is 0 Å². The summed E-state index contributed by atoms with van der Waals surface area (Å²) in [7, 11) is 0. The Hall–Kier alpha value is -3.19. The van der Waals surface area contributed by atoms with E-state index in [4.69, 9.17) is 9.73 Å². The Morgan fingerprint density at radius 3 is 2.43 bits per heavy atom. The molecular weight excluding hydrogens is 466 g/mol. The lowest BCUT2D eigenvalue weighted by atomic mass is 9.78.